The Kier molecular flexibility index (Phi) is 5.78. The summed E-state index contributed by atoms with van der Waals surface area (Å²) in [6.45, 7) is 3.54. The Morgan fingerprint density at radius 1 is 1.50 bits per heavy atom. The number of hydrogen-bond acceptors (Lipinski definition) is 3. The molecule has 4 nitrogen and oxygen atoms in total. The van der Waals surface area contributed by atoms with E-state index in [1.54, 1.807) is 11.8 Å². The van der Waals surface area contributed by atoms with Gasteiger partial charge in [0.25, 0.3) is 0 Å². The molecular formula is C9H18N2O2S. The predicted molar refractivity (Wildman–Crippen MR) is 58.8 cm³/mol. The van der Waals surface area contributed by atoms with Gasteiger partial charge in [-0.1, -0.05) is 0 Å². The third kappa shape index (κ3) is 4.19. The average Bonchev–Trinajstić information content (AvgIpc) is 2.25. The molecule has 5 heteroatoms. The number of morpholine rings is 1. The summed E-state index contributed by atoms with van der Waals surface area (Å²) in [7, 11) is 0. The Hall–Kier alpha value is -0.420. The number of carbonyl (C=O) groups is 1. The van der Waals surface area contributed by atoms with Crippen LogP contribution in [0, 0.1) is 0 Å². The van der Waals surface area contributed by atoms with Crippen LogP contribution in [0.2, 0.25) is 0 Å². The highest BCUT2D eigenvalue weighted by Gasteiger charge is 2.15. The zero-order valence-electron chi connectivity index (χ0n) is 8.62. The van der Waals surface area contributed by atoms with Crippen LogP contribution >= 0.6 is 11.8 Å². The molecule has 0 aromatic heterocycles. The van der Waals surface area contributed by atoms with E-state index in [1.807, 2.05) is 4.90 Å². The van der Waals surface area contributed by atoms with Crippen LogP contribution in [0.5, 0.6) is 0 Å². The zero-order valence-corrected chi connectivity index (χ0v) is 9.44. The van der Waals surface area contributed by atoms with Gasteiger partial charge in [0.2, 0.25) is 0 Å². The second-order valence-electron chi connectivity index (χ2n) is 3.18. The SMILES string of the molecule is CSCCCNC(=O)N1CCOCC1. The first-order valence-electron chi connectivity index (χ1n) is 4.94. The van der Waals surface area contributed by atoms with E-state index in [0.717, 1.165) is 18.7 Å². The highest BCUT2D eigenvalue weighted by atomic mass is 32.2. The van der Waals surface area contributed by atoms with Crippen molar-refractivity contribution in [2.75, 3.05) is 44.9 Å². The van der Waals surface area contributed by atoms with E-state index in [4.69, 9.17) is 4.74 Å². The van der Waals surface area contributed by atoms with Gasteiger partial charge in [0.1, 0.15) is 0 Å². The van der Waals surface area contributed by atoms with Gasteiger partial charge >= 0.3 is 6.03 Å². The fraction of sp³-hybridized carbons (Fsp3) is 0.889. The molecule has 0 unspecified atom stereocenters. The number of amides is 2. The number of rotatable bonds is 4. The highest BCUT2D eigenvalue weighted by molar-refractivity contribution is 7.98. The maximum atomic E-state index is 11.5. The van der Waals surface area contributed by atoms with Crippen LogP contribution in [-0.4, -0.2) is 55.8 Å². The van der Waals surface area contributed by atoms with E-state index < -0.39 is 0 Å². The molecule has 0 bridgehead atoms. The maximum absolute atomic E-state index is 11.5. The smallest absolute Gasteiger partial charge is 0.317 e. The summed E-state index contributed by atoms with van der Waals surface area (Å²) in [6.07, 6.45) is 3.11. The minimum Gasteiger partial charge on any atom is -0.378 e. The number of nitrogens with one attached hydrogen (secondary N) is 1. The summed E-state index contributed by atoms with van der Waals surface area (Å²) < 4.78 is 5.17. The second-order valence-corrected chi connectivity index (χ2v) is 4.16. The van der Waals surface area contributed by atoms with E-state index in [1.165, 1.54) is 0 Å². The zero-order chi connectivity index (χ0) is 10.2. The summed E-state index contributed by atoms with van der Waals surface area (Å²) in [4.78, 5) is 13.3. The Morgan fingerprint density at radius 2 is 2.21 bits per heavy atom. The Morgan fingerprint density at radius 3 is 2.86 bits per heavy atom. The minimum absolute atomic E-state index is 0.0504. The third-order valence-electron chi connectivity index (χ3n) is 2.10. The molecule has 1 saturated heterocycles. The van der Waals surface area contributed by atoms with Crippen molar-refractivity contribution in [3.05, 3.63) is 0 Å². The molecule has 0 atom stereocenters. The van der Waals surface area contributed by atoms with Gasteiger partial charge < -0.3 is 15.0 Å². The molecule has 1 fully saturated rings. The monoisotopic (exact) mass is 218 g/mol. The molecule has 1 aliphatic rings. The van der Waals surface area contributed by atoms with Crippen LogP contribution in [0.15, 0.2) is 0 Å². The van der Waals surface area contributed by atoms with Crippen molar-refractivity contribution < 1.29 is 9.53 Å². The number of carbonyl (C=O) groups excluding carboxylic acids is 1. The summed E-state index contributed by atoms with van der Waals surface area (Å²) in [5.74, 6) is 1.10. The fourth-order valence-electron chi connectivity index (χ4n) is 1.29. The van der Waals surface area contributed by atoms with Crippen LogP contribution in [0.4, 0.5) is 4.79 Å². The van der Waals surface area contributed by atoms with Gasteiger partial charge in [0, 0.05) is 19.6 Å². The van der Waals surface area contributed by atoms with E-state index >= 15 is 0 Å². The van der Waals surface area contributed by atoms with Crippen LogP contribution < -0.4 is 5.32 Å². The number of hydrogen-bond donors (Lipinski definition) is 1. The number of urea groups is 1. The summed E-state index contributed by atoms with van der Waals surface area (Å²) in [5.41, 5.74) is 0. The van der Waals surface area contributed by atoms with Crippen LogP contribution in [0.3, 0.4) is 0 Å². The van der Waals surface area contributed by atoms with Crippen molar-refractivity contribution in [3.8, 4) is 0 Å². The van der Waals surface area contributed by atoms with Crippen LogP contribution in [0.1, 0.15) is 6.42 Å². The molecule has 2 amide bonds. The highest BCUT2D eigenvalue weighted by Crippen LogP contribution is 1.98. The molecule has 0 saturated carbocycles. The maximum Gasteiger partial charge on any atom is 0.317 e. The topological polar surface area (TPSA) is 41.6 Å². The van der Waals surface area contributed by atoms with Crippen molar-refractivity contribution in [1.29, 1.82) is 0 Å². The first-order chi connectivity index (χ1) is 6.84. The van der Waals surface area contributed by atoms with E-state index in [-0.39, 0.29) is 6.03 Å². The molecule has 1 rings (SSSR count). The lowest BCUT2D eigenvalue weighted by Crippen LogP contribution is -2.46. The molecule has 1 heterocycles. The van der Waals surface area contributed by atoms with Crippen LogP contribution in [-0.2, 0) is 4.74 Å². The van der Waals surface area contributed by atoms with Gasteiger partial charge in [0.15, 0.2) is 0 Å². The molecular weight excluding hydrogens is 200 g/mol. The van der Waals surface area contributed by atoms with Crippen molar-refractivity contribution in [2.24, 2.45) is 0 Å². The van der Waals surface area contributed by atoms with E-state index in [0.29, 0.717) is 26.3 Å². The number of nitrogens with zero attached hydrogens (tertiary/aromatic N) is 1. The van der Waals surface area contributed by atoms with Crippen LogP contribution in [0.25, 0.3) is 0 Å². The molecule has 0 radical (unpaired) electrons. The first-order valence-corrected chi connectivity index (χ1v) is 6.33. The largest absolute Gasteiger partial charge is 0.378 e. The predicted octanol–water partition coefficient (Wildman–Crippen LogP) is 0.781. The van der Waals surface area contributed by atoms with Crippen molar-refractivity contribution in [3.63, 3.8) is 0 Å². The molecule has 0 spiro atoms. The molecule has 82 valence electrons. The Bertz CT molecular complexity index is 172. The van der Waals surface area contributed by atoms with Gasteiger partial charge in [-0.25, -0.2) is 4.79 Å². The van der Waals surface area contributed by atoms with Gasteiger partial charge in [-0.15, -0.1) is 0 Å². The van der Waals surface area contributed by atoms with Gasteiger partial charge in [-0.05, 0) is 18.4 Å². The van der Waals surface area contributed by atoms with E-state index in [2.05, 4.69) is 11.6 Å². The van der Waals surface area contributed by atoms with Gasteiger partial charge in [0.05, 0.1) is 13.2 Å². The number of thioether (sulfide) groups is 1. The van der Waals surface area contributed by atoms with Gasteiger partial charge in [-0.2, -0.15) is 11.8 Å². The lowest BCUT2D eigenvalue weighted by Gasteiger charge is -2.26. The lowest BCUT2D eigenvalue weighted by atomic mass is 10.4. The minimum atomic E-state index is 0.0504. The standard InChI is InChI=1S/C9H18N2O2S/c1-14-8-2-3-10-9(12)11-4-6-13-7-5-11/h2-8H2,1H3,(H,10,12). The fourth-order valence-corrected chi connectivity index (χ4v) is 1.72. The third-order valence-corrected chi connectivity index (χ3v) is 2.80. The molecule has 0 aliphatic carbocycles. The Balaban J connectivity index is 2.07. The lowest BCUT2D eigenvalue weighted by molar-refractivity contribution is 0.0532. The van der Waals surface area contributed by atoms with E-state index in [9.17, 15) is 4.79 Å². The quantitative estimate of drug-likeness (QED) is 0.709. The summed E-state index contributed by atoms with van der Waals surface area (Å²) in [5, 5.41) is 2.91. The average molecular weight is 218 g/mol. The molecule has 1 aliphatic heterocycles. The normalized spacial score (nSPS) is 16.8. The molecule has 0 aromatic carbocycles. The van der Waals surface area contributed by atoms with Crippen molar-refractivity contribution >= 4 is 17.8 Å². The molecule has 0 aromatic rings. The summed E-state index contributed by atoms with van der Waals surface area (Å²) in [6, 6.07) is 0.0504. The molecule has 1 N–H and O–H groups in total. The number of ether oxygens (including phenoxy) is 1. The molecule has 14 heavy (non-hydrogen) atoms. The Labute approximate surface area is 89.4 Å². The second kappa shape index (κ2) is 6.95. The summed E-state index contributed by atoms with van der Waals surface area (Å²) >= 11 is 1.80. The first kappa shape index (κ1) is 11.7. The van der Waals surface area contributed by atoms with Gasteiger partial charge in [-0.3, -0.25) is 0 Å². The van der Waals surface area contributed by atoms with Crippen molar-refractivity contribution in [2.45, 2.75) is 6.42 Å². The van der Waals surface area contributed by atoms with Crippen molar-refractivity contribution in [1.82, 2.24) is 10.2 Å².